The predicted octanol–water partition coefficient (Wildman–Crippen LogP) is 1.62. The smallest absolute Gasteiger partial charge is 0.0728 e. The van der Waals surface area contributed by atoms with Crippen LogP contribution in [0.5, 0.6) is 0 Å². The SMILES string of the molecule is COC1(CCC(N)=S)CCC1. The summed E-state index contributed by atoms with van der Waals surface area (Å²) in [5.41, 5.74) is 5.54. The van der Waals surface area contributed by atoms with E-state index in [4.69, 9.17) is 22.7 Å². The molecule has 0 bridgehead atoms. The highest BCUT2D eigenvalue weighted by atomic mass is 32.1. The van der Waals surface area contributed by atoms with Gasteiger partial charge in [-0.1, -0.05) is 12.2 Å². The molecule has 1 aliphatic carbocycles. The highest BCUT2D eigenvalue weighted by Crippen LogP contribution is 2.38. The Bertz CT molecular complexity index is 149. The van der Waals surface area contributed by atoms with Crippen molar-refractivity contribution in [1.29, 1.82) is 0 Å². The van der Waals surface area contributed by atoms with Crippen molar-refractivity contribution in [3.05, 3.63) is 0 Å². The van der Waals surface area contributed by atoms with Crippen molar-refractivity contribution in [3.8, 4) is 0 Å². The summed E-state index contributed by atoms with van der Waals surface area (Å²) >= 11 is 4.81. The van der Waals surface area contributed by atoms with E-state index in [9.17, 15) is 0 Å². The first-order valence-electron chi connectivity index (χ1n) is 4.02. The molecule has 0 unspecified atom stereocenters. The summed E-state index contributed by atoms with van der Waals surface area (Å²) in [5.74, 6) is 0. The molecule has 1 saturated carbocycles. The van der Waals surface area contributed by atoms with Gasteiger partial charge in [0.05, 0.1) is 10.6 Å². The lowest BCUT2D eigenvalue weighted by Gasteiger charge is -2.40. The van der Waals surface area contributed by atoms with Gasteiger partial charge in [-0.05, 0) is 25.7 Å². The van der Waals surface area contributed by atoms with Gasteiger partial charge in [-0.3, -0.25) is 0 Å². The summed E-state index contributed by atoms with van der Waals surface area (Å²) in [5, 5.41) is 0. The Morgan fingerprint density at radius 3 is 2.55 bits per heavy atom. The van der Waals surface area contributed by atoms with Crippen molar-refractivity contribution < 1.29 is 4.74 Å². The first kappa shape index (κ1) is 8.94. The van der Waals surface area contributed by atoms with E-state index in [1.54, 1.807) is 7.11 Å². The summed E-state index contributed by atoms with van der Waals surface area (Å²) in [7, 11) is 1.78. The van der Waals surface area contributed by atoms with Gasteiger partial charge in [-0.2, -0.15) is 0 Å². The molecule has 0 aromatic heterocycles. The van der Waals surface area contributed by atoms with Gasteiger partial charge < -0.3 is 10.5 Å². The van der Waals surface area contributed by atoms with Crippen LogP contribution < -0.4 is 5.73 Å². The standard InChI is InChI=1S/C8H15NOS/c1-10-8(4-2-5-8)6-3-7(9)11/h2-6H2,1H3,(H2,9,11). The largest absolute Gasteiger partial charge is 0.393 e. The zero-order valence-corrected chi connectivity index (χ0v) is 7.75. The van der Waals surface area contributed by atoms with Gasteiger partial charge in [-0.25, -0.2) is 0 Å². The quantitative estimate of drug-likeness (QED) is 0.656. The van der Waals surface area contributed by atoms with Crippen LogP contribution in [0.1, 0.15) is 32.1 Å². The first-order chi connectivity index (χ1) is 5.18. The molecule has 0 aromatic rings. The highest BCUT2D eigenvalue weighted by molar-refractivity contribution is 7.80. The summed E-state index contributed by atoms with van der Waals surface area (Å²) in [6.45, 7) is 0. The minimum Gasteiger partial charge on any atom is -0.393 e. The summed E-state index contributed by atoms with van der Waals surface area (Å²) in [6.07, 6.45) is 5.45. The van der Waals surface area contributed by atoms with E-state index in [1.165, 1.54) is 19.3 Å². The van der Waals surface area contributed by atoms with Gasteiger partial charge in [0.15, 0.2) is 0 Å². The van der Waals surface area contributed by atoms with Gasteiger partial charge >= 0.3 is 0 Å². The zero-order valence-electron chi connectivity index (χ0n) is 6.93. The lowest BCUT2D eigenvalue weighted by atomic mass is 9.77. The maximum Gasteiger partial charge on any atom is 0.0728 e. The molecule has 0 heterocycles. The molecule has 0 spiro atoms. The van der Waals surface area contributed by atoms with E-state index in [2.05, 4.69) is 0 Å². The molecule has 1 fully saturated rings. The van der Waals surface area contributed by atoms with Crippen molar-refractivity contribution >= 4 is 17.2 Å². The van der Waals surface area contributed by atoms with Gasteiger partial charge in [-0.15, -0.1) is 0 Å². The molecule has 1 aliphatic rings. The second-order valence-electron chi connectivity index (χ2n) is 3.21. The van der Waals surface area contributed by atoms with Crippen LogP contribution in [0, 0.1) is 0 Å². The van der Waals surface area contributed by atoms with Crippen molar-refractivity contribution in [3.63, 3.8) is 0 Å². The minimum absolute atomic E-state index is 0.128. The fraction of sp³-hybridized carbons (Fsp3) is 0.875. The van der Waals surface area contributed by atoms with Crippen LogP contribution in [-0.4, -0.2) is 17.7 Å². The third-order valence-corrected chi connectivity index (χ3v) is 2.73. The van der Waals surface area contributed by atoms with Crippen molar-refractivity contribution in [1.82, 2.24) is 0 Å². The Kier molecular flexibility index (Phi) is 2.84. The maximum absolute atomic E-state index is 5.41. The van der Waals surface area contributed by atoms with E-state index >= 15 is 0 Å². The molecular formula is C8H15NOS. The van der Waals surface area contributed by atoms with Crippen LogP contribution in [0.25, 0.3) is 0 Å². The molecule has 0 saturated heterocycles. The molecule has 0 aromatic carbocycles. The Hall–Kier alpha value is -0.150. The Labute approximate surface area is 73.1 Å². The fourth-order valence-corrected chi connectivity index (χ4v) is 1.58. The second kappa shape index (κ2) is 3.50. The van der Waals surface area contributed by atoms with Gasteiger partial charge in [0.25, 0.3) is 0 Å². The zero-order chi connectivity index (χ0) is 8.32. The molecular weight excluding hydrogens is 158 g/mol. The van der Waals surface area contributed by atoms with Gasteiger partial charge in [0.1, 0.15) is 0 Å². The summed E-state index contributed by atoms with van der Waals surface area (Å²) in [6, 6.07) is 0. The van der Waals surface area contributed by atoms with Crippen molar-refractivity contribution in [2.75, 3.05) is 7.11 Å². The fourth-order valence-electron chi connectivity index (χ4n) is 1.48. The maximum atomic E-state index is 5.41. The lowest BCUT2D eigenvalue weighted by molar-refractivity contribution is -0.0759. The number of ether oxygens (including phenoxy) is 1. The Morgan fingerprint density at radius 2 is 2.27 bits per heavy atom. The number of nitrogens with two attached hydrogens (primary N) is 1. The van der Waals surface area contributed by atoms with Gasteiger partial charge in [0, 0.05) is 13.5 Å². The minimum atomic E-state index is 0.128. The molecule has 64 valence electrons. The van der Waals surface area contributed by atoms with Crippen molar-refractivity contribution in [2.24, 2.45) is 5.73 Å². The molecule has 0 aliphatic heterocycles. The Balaban J connectivity index is 2.27. The highest BCUT2D eigenvalue weighted by Gasteiger charge is 2.36. The topological polar surface area (TPSA) is 35.2 Å². The van der Waals surface area contributed by atoms with Crippen LogP contribution in [0.3, 0.4) is 0 Å². The van der Waals surface area contributed by atoms with Crippen LogP contribution in [0.4, 0.5) is 0 Å². The molecule has 0 amide bonds. The number of methoxy groups -OCH3 is 1. The van der Waals surface area contributed by atoms with Crippen LogP contribution in [0.2, 0.25) is 0 Å². The van der Waals surface area contributed by atoms with E-state index < -0.39 is 0 Å². The van der Waals surface area contributed by atoms with Crippen molar-refractivity contribution in [2.45, 2.75) is 37.7 Å². The lowest BCUT2D eigenvalue weighted by Crippen LogP contribution is -2.39. The van der Waals surface area contributed by atoms with E-state index in [0.29, 0.717) is 4.99 Å². The molecule has 0 atom stereocenters. The first-order valence-corrected chi connectivity index (χ1v) is 4.43. The van der Waals surface area contributed by atoms with Gasteiger partial charge in [0.2, 0.25) is 0 Å². The van der Waals surface area contributed by atoms with Crippen LogP contribution in [0.15, 0.2) is 0 Å². The molecule has 3 heteroatoms. The summed E-state index contributed by atoms with van der Waals surface area (Å²) < 4.78 is 5.41. The Morgan fingerprint density at radius 1 is 1.64 bits per heavy atom. The molecule has 1 rings (SSSR count). The number of thiocarbonyl (C=S) groups is 1. The normalized spacial score (nSPS) is 20.8. The molecule has 0 radical (unpaired) electrons. The molecule has 2 N–H and O–H groups in total. The van der Waals surface area contributed by atoms with Crippen LogP contribution in [-0.2, 0) is 4.74 Å². The number of rotatable bonds is 4. The second-order valence-corrected chi connectivity index (χ2v) is 3.73. The molecule has 11 heavy (non-hydrogen) atoms. The van der Waals surface area contributed by atoms with Crippen LogP contribution >= 0.6 is 12.2 Å². The third kappa shape index (κ3) is 2.14. The number of hydrogen-bond donors (Lipinski definition) is 1. The monoisotopic (exact) mass is 173 g/mol. The average molecular weight is 173 g/mol. The van der Waals surface area contributed by atoms with E-state index in [1.807, 2.05) is 0 Å². The average Bonchev–Trinajstić information content (AvgIpc) is 1.86. The third-order valence-electron chi connectivity index (χ3n) is 2.52. The number of hydrogen-bond acceptors (Lipinski definition) is 2. The predicted molar refractivity (Wildman–Crippen MR) is 49.6 cm³/mol. The van der Waals surface area contributed by atoms with E-state index in [-0.39, 0.29) is 5.60 Å². The molecule has 2 nitrogen and oxygen atoms in total. The summed E-state index contributed by atoms with van der Waals surface area (Å²) in [4.78, 5) is 0.605. The van der Waals surface area contributed by atoms with E-state index in [0.717, 1.165) is 12.8 Å².